The van der Waals surface area contributed by atoms with E-state index in [1.807, 2.05) is 13.0 Å². The van der Waals surface area contributed by atoms with Gasteiger partial charge in [-0.15, -0.1) is 0 Å². The highest BCUT2D eigenvalue weighted by Crippen LogP contribution is 2.38. The van der Waals surface area contributed by atoms with Crippen molar-refractivity contribution in [2.24, 2.45) is 0 Å². The van der Waals surface area contributed by atoms with E-state index in [4.69, 9.17) is 11.6 Å². The highest BCUT2D eigenvalue weighted by atomic mass is 79.9. The molecule has 0 aliphatic heterocycles. The molecule has 0 aliphatic carbocycles. The second-order valence-electron chi connectivity index (χ2n) is 5.39. The molecule has 3 aromatic rings. The number of benzene rings is 3. The molecule has 0 nitrogen and oxygen atoms in total. The summed E-state index contributed by atoms with van der Waals surface area (Å²) >= 11 is 10.0. The summed E-state index contributed by atoms with van der Waals surface area (Å²) in [6.45, 7) is 4.21. The Morgan fingerprint density at radius 3 is 2.43 bits per heavy atom. The highest BCUT2D eigenvalue weighted by Gasteiger charge is 2.16. The molecule has 0 aromatic heterocycles. The lowest BCUT2D eigenvalue weighted by molar-refractivity contribution is 1.16. The molecule has 0 amide bonds. The quantitative estimate of drug-likeness (QED) is 0.452. The van der Waals surface area contributed by atoms with Crippen molar-refractivity contribution in [3.63, 3.8) is 0 Å². The molecule has 21 heavy (non-hydrogen) atoms. The summed E-state index contributed by atoms with van der Waals surface area (Å²) < 4.78 is 0. The van der Waals surface area contributed by atoms with E-state index in [2.05, 4.69) is 71.4 Å². The third kappa shape index (κ3) is 2.73. The van der Waals surface area contributed by atoms with Crippen molar-refractivity contribution in [3.8, 4) is 0 Å². The van der Waals surface area contributed by atoms with Gasteiger partial charge in [-0.1, -0.05) is 76.1 Å². The molecule has 0 heterocycles. The molecule has 3 aromatic carbocycles. The lowest BCUT2D eigenvalue weighted by Crippen LogP contribution is -1.98. The Kier molecular flexibility index (Phi) is 4.05. The van der Waals surface area contributed by atoms with Crippen LogP contribution in [0.15, 0.2) is 54.6 Å². The molecule has 0 spiro atoms. The van der Waals surface area contributed by atoms with Crippen LogP contribution >= 0.6 is 27.5 Å². The van der Waals surface area contributed by atoms with Crippen LogP contribution in [0.3, 0.4) is 0 Å². The smallest absolute Gasteiger partial charge is 0.0653 e. The normalized spacial score (nSPS) is 12.6. The summed E-state index contributed by atoms with van der Waals surface area (Å²) in [4.78, 5) is 0.166. The van der Waals surface area contributed by atoms with E-state index in [0.29, 0.717) is 0 Å². The van der Waals surface area contributed by atoms with Crippen molar-refractivity contribution >= 4 is 38.3 Å². The molecule has 0 radical (unpaired) electrons. The molecule has 0 bridgehead atoms. The molecular formula is C19H16BrCl. The SMILES string of the molecule is Cc1cc(C(Br)c2c(C)ccc3ccccc23)ccc1Cl. The molecule has 1 unspecified atom stereocenters. The summed E-state index contributed by atoms with van der Waals surface area (Å²) in [5, 5.41) is 3.38. The summed E-state index contributed by atoms with van der Waals surface area (Å²) in [6, 6.07) is 19.1. The molecule has 2 heteroatoms. The number of rotatable bonds is 2. The van der Waals surface area contributed by atoms with Crippen LogP contribution in [0.5, 0.6) is 0 Å². The molecule has 0 saturated carbocycles. The lowest BCUT2D eigenvalue weighted by Gasteiger charge is -2.17. The van der Waals surface area contributed by atoms with Crippen LogP contribution in [0.25, 0.3) is 10.8 Å². The summed E-state index contributed by atoms with van der Waals surface area (Å²) in [5.74, 6) is 0. The van der Waals surface area contributed by atoms with Crippen LogP contribution in [0, 0.1) is 13.8 Å². The average Bonchev–Trinajstić information content (AvgIpc) is 2.49. The first kappa shape index (κ1) is 14.6. The summed E-state index contributed by atoms with van der Waals surface area (Å²) in [5.41, 5.74) is 4.96. The van der Waals surface area contributed by atoms with Gasteiger partial charge in [-0.25, -0.2) is 0 Å². The predicted octanol–water partition coefficient (Wildman–Crippen LogP) is 6.59. The van der Waals surface area contributed by atoms with Gasteiger partial charge in [-0.05, 0) is 52.9 Å². The maximum Gasteiger partial charge on any atom is 0.0653 e. The van der Waals surface area contributed by atoms with E-state index in [1.54, 1.807) is 0 Å². The van der Waals surface area contributed by atoms with Gasteiger partial charge in [0, 0.05) is 5.02 Å². The van der Waals surface area contributed by atoms with Crippen LogP contribution in [-0.2, 0) is 0 Å². The Labute approximate surface area is 138 Å². The van der Waals surface area contributed by atoms with E-state index in [0.717, 1.165) is 10.6 Å². The van der Waals surface area contributed by atoms with Crippen LogP contribution in [0.1, 0.15) is 27.1 Å². The Hall–Kier alpha value is -1.31. The summed E-state index contributed by atoms with van der Waals surface area (Å²) in [6.07, 6.45) is 0. The minimum atomic E-state index is 0.166. The van der Waals surface area contributed by atoms with Crippen molar-refractivity contribution in [2.75, 3.05) is 0 Å². The molecule has 106 valence electrons. The number of aryl methyl sites for hydroxylation is 2. The van der Waals surface area contributed by atoms with Gasteiger partial charge in [-0.2, -0.15) is 0 Å². The minimum absolute atomic E-state index is 0.166. The monoisotopic (exact) mass is 358 g/mol. The molecule has 0 aliphatic rings. The summed E-state index contributed by atoms with van der Waals surface area (Å²) in [7, 11) is 0. The predicted molar refractivity (Wildman–Crippen MR) is 95.6 cm³/mol. The van der Waals surface area contributed by atoms with Gasteiger partial charge in [0.15, 0.2) is 0 Å². The molecule has 0 saturated heterocycles. The van der Waals surface area contributed by atoms with Gasteiger partial charge >= 0.3 is 0 Å². The van der Waals surface area contributed by atoms with Crippen LogP contribution < -0.4 is 0 Å². The van der Waals surface area contributed by atoms with Crippen molar-refractivity contribution in [3.05, 3.63) is 81.9 Å². The third-order valence-electron chi connectivity index (χ3n) is 3.92. The van der Waals surface area contributed by atoms with Gasteiger partial charge in [0.2, 0.25) is 0 Å². The van der Waals surface area contributed by atoms with Crippen LogP contribution in [-0.4, -0.2) is 0 Å². The minimum Gasteiger partial charge on any atom is -0.0841 e. The average molecular weight is 360 g/mol. The van der Waals surface area contributed by atoms with Crippen molar-refractivity contribution in [2.45, 2.75) is 18.7 Å². The topological polar surface area (TPSA) is 0 Å². The van der Waals surface area contributed by atoms with Crippen LogP contribution in [0.2, 0.25) is 5.02 Å². The van der Waals surface area contributed by atoms with Gasteiger partial charge in [0.25, 0.3) is 0 Å². The second-order valence-corrected chi connectivity index (χ2v) is 6.71. The van der Waals surface area contributed by atoms with E-state index in [1.165, 1.54) is 27.5 Å². The van der Waals surface area contributed by atoms with Crippen molar-refractivity contribution in [1.29, 1.82) is 0 Å². The molecule has 1 atom stereocenters. The van der Waals surface area contributed by atoms with Gasteiger partial charge in [0.1, 0.15) is 0 Å². The molecular weight excluding hydrogens is 344 g/mol. The number of alkyl halides is 1. The van der Waals surface area contributed by atoms with E-state index >= 15 is 0 Å². The first-order valence-electron chi connectivity index (χ1n) is 6.96. The fourth-order valence-corrected chi connectivity index (χ4v) is 3.74. The zero-order valence-electron chi connectivity index (χ0n) is 12.0. The Morgan fingerprint density at radius 2 is 1.67 bits per heavy atom. The highest BCUT2D eigenvalue weighted by molar-refractivity contribution is 9.09. The van der Waals surface area contributed by atoms with Gasteiger partial charge < -0.3 is 0 Å². The maximum absolute atomic E-state index is 6.14. The lowest BCUT2D eigenvalue weighted by atomic mass is 9.94. The van der Waals surface area contributed by atoms with E-state index < -0.39 is 0 Å². The zero-order chi connectivity index (χ0) is 15.0. The first-order chi connectivity index (χ1) is 10.1. The van der Waals surface area contributed by atoms with Gasteiger partial charge in [0.05, 0.1) is 4.83 Å². The fraction of sp³-hybridized carbons (Fsp3) is 0.158. The Morgan fingerprint density at radius 1 is 0.905 bits per heavy atom. The largest absolute Gasteiger partial charge is 0.0841 e. The molecule has 3 rings (SSSR count). The van der Waals surface area contributed by atoms with E-state index in [-0.39, 0.29) is 4.83 Å². The van der Waals surface area contributed by atoms with Crippen LogP contribution in [0.4, 0.5) is 0 Å². The first-order valence-corrected chi connectivity index (χ1v) is 8.25. The molecule has 0 N–H and O–H groups in total. The van der Waals surface area contributed by atoms with E-state index in [9.17, 15) is 0 Å². The number of fused-ring (bicyclic) bond motifs is 1. The third-order valence-corrected chi connectivity index (χ3v) is 5.33. The van der Waals surface area contributed by atoms with Gasteiger partial charge in [-0.3, -0.25) is 0 Å². The fourth-order valence-electron chi connectivity index (χ4n) is 2.73. The van der Waals surface area contributed by atoms with Crippen molar-refractivity contribution in [1.82, 2.24) is 0 Å². The number of hydrogen-bond acceptors (Lipinski definition) is 0. The second kappa shape index (κ2) is 5.82. The van der Waals surface area contributed by atoms with Crippen molar-refractivity contribution < 1.29 is 0 Å². The Balaban J connectivity index is 2.19. The Bertz CT molecular complexity index is 808. The standard InChI is InChI=1S/C19H16BrCl/c1-12-7-8-14-5-3-4-6-16(14)18(12)19(20)15-9-10-17(21)13(2)11-15/h3-11,19H,1-2H3. The zero-order valence-corrected chi connectivity index (χ0v) is 14.4. The maximum atomic E-state index is 6.14. The molecule has 0 fully saturated rings. The number of halogens is 2. The number of hydrogen-bond donors (Lipinski definition) is 0.